The van der Waals surface area contributed by atoms with Crippen molar-refractivity contribution in [1.29, 1.82) is 0 Å². The summed E-state index contributed by atoms with van der Waals surface area (Å²) in [6, 6.07) is 14.8. The molecule has 0 spiro atoms. The lowest BCUT2D eigenvalue weighted by atomic mass is 10.0. The Bertz CT molecular complexity index is 1220. The highest BCUT2D eigenvalue weighted by molar-refractivity contribution is 7.14. The molecule has 4 rings (SSSR count). The summed E-state index contributed by atoms with van der Waals surface area (Å²) in [6.07, 6.45) is 0. The first-order valence-corrected chi connectivity index (χ1v) is 9.26. The average Bonchev–Trinajstić information content (AvgIpc) is 3.11. The number of amides is 1. The molecule has 1 N–H and O–H groups in total. The number of benzene rings is 2. The molecule has 0 fully saturated rings. The summed E-state index contributed by atoms with van der Waals surface area (Å²) in [7, 11) is 0. The zero-order valence-corrected chi connectivity index (χ0v) is 15.6. The van der Waals surface area contributed by atoms with Gasteiger partial charge in [-0.15, -0.1) is 11.3 Å². The lowest BCUT2D eigenvalue weighted by Gasteiger charge is -2.04. The van der Waals surface area contributed by atoms with Gasteiger partial charge in [-0.25, -0.2) is 9.78 Å². The molecule has 0 bridgehead atoms. The van der Waals surface area contributed by atoms with Crippen LogP contribution in [0.4, 0.5) is 5.13 Å². The molecular formula is C21H16N2O3S. The number of aryl methyl sites for hydroxylation is 2. The number of rotatable bonds is 3. The van der Waals surface area contributed by atoms with Crippen LogP contribution < -0.4 is 10.9 Å². The van der Waals surface area contributed by atoms with Crippen LogP contribution in [0, 0.1) is 13.8 Å². The summed E-state index contributed by atoms with van der Waals surface area (Å²) in [5, 5.41) is 5.71. The van der Waals surface area contributed by atoms with Crippen LogP contribution in [0.1, 0.15) is 21.5 Å². The summed E-state index contributed by atoms with van der Waals surface area (Å²) in [5.74, 6) is -0.531. The van der Waals surface area contributed by atoms with Crippen LogP contribution in [0.15, 0.2) is 63.1 Å². The molecule has 0 saturated carbocycles. The molecule has 0 radical (unpaired) electrons. The summed E-state index contributed by atoms with van der Waals surface area (Å²) >= 11 is 1.32. The number of anilines is 1. The van der Waals surface area contributed by atoms with Gasteiger partial charge in [-0.05, 0) is 37.6 Å². The number of carbonyl (C=O) groups is 1. The zero-order chi connectivity index (χ0) is 19.0. The van der Waals surface area contributed by atoms with Gasteiger partial charge in [0.2, 0.25) is 0 Å². The summed E-state index contributed by atoms with van der Waals surface area (Å²) in [5.41, 5.74) is 3.81. The van der Waals surface area contributed by atoms with Gasteiger partial charge in [0.25, 0.3) is 5.91 Å². The summed E-state index contributed by atoms with van der Waals surface area (Å²) < 4.78 is 5.22. The van der Waals surface area contributed by atoms with Crippen LogP contribution in [-0.2, 0) is 0 Å². The van der Waals surface area contributed by atoms with Gasteiger partial charge in [0.05, 0.1) is 5.69 Å². The maximum atomic E-state index is 12.5. The second kappa shape index (κ2) is 6.81. The van der Waals surface area contributed by atoms with Crippen molar-refractivity contribution in [2.75, 3.05) is 5.32 Å². The second-order valence-corrected chi connectivity index (χ2v) is 7.15. The van der Waals surface area contributed by atoms with E-state index < -0.39 is 11.5 Å². The fraction of sp³-hybridized carbons (Fsp3) is 0.0952. The Hall–Kier alpha value is -3.25. The van der Waals surface area contributed by atoms with E-state index in [1.165, 1.54) is 17.4 Å². The topological polar surface area (TPSA) is 72.2 Å². The minimum Gasteiger partial charge on any atom is -0.422 e. The number of nitrogens with one attached hydrogen (secondary N) is 1. The molecule has 27 heavy (non-hydrogen) atoms. The van der Waals surface area contributed by atoms with Crippen LogP contribution in [0.2, 0.25) is 0 Å². The Balaban J connectivity index is 1.63. The monoisotopic (exact) mass is 376 g/mol. The Kier molecular flexibility index (Phi) is 4.33. The Morgan fingerprint density at radius 1 is 1.11 bits per heavy atom. The van der Waals surface area contributed by atoms with E-state index in [0.29, 0.717) is 16.1 Å². The van der Waals surface area contributed by atoms with Gasteiger partial charge < -0.3 is 4.42 Å². The van der Waals surface area contributed by atoms with Crippen molar-refractivity contribution in [3.8, 4) is 11.3 Å². The van der Waals surface area contributed by atoms with Crippen LogP contribution in [0.25, 0.3) is 22.2 Å². The largest absolute Gasteiger partial charge is 0.422 e. The average molecular weight is 376 g/mol. The molecule has 0 unspecified atom stereocenters. The van der Waals surface area contributed by atoms with E-state index in [4.69, 9.17) is 4.42 Å². The van der Waals surface area contributed by atoms with Crippen molar-refractivity contribution in [3.05, 3.63) is 81.0 Å². The maximum Gasteiger partial charge on any atom is 0.349 e. The van der Waals surface area contributed by atoms with Gasteiger partial charge >= 0.3 is 5.63 Å². The fourth-order valence-corrected chi connectivity index (χ4v) is 3.56. The summed E-state index contributed by atoms with van der Waals surface area (Å²) in [6.45, 7) is 4.05. The molecule has 134 valence electrons. The zero-order valence-electron chi connectivity index (χ0n) is 14.8. The number of aromatic nitrogens is 1. The van der Waals surface area contributed by atoms with Gasteiger partial charge in [-0.2, -0.15) is 0 Å². The van der Waals surface area contributed by atoms with E-state index in [1.807, 2.05) is 37.4 Å². The number of carbonyl (C=O) groups excluding carboxylic acids is 1. The molecule has 2 aromatic carbocycles. The molecule has 5 nitrogen and oxygen atoms in total. The molecule has 0 aliphatic heterocycles. The molecule has 2 heterocycles. The van der Waals surface area contributed by atoms with Crippen LogP contribution in [0.3, 0.4) is 0 Å². The van der Waals surface area contributed by atoms with Gasteiger partial charge in [0, 0.05) is 16.3 Å². The van der Waals surface area contributed by atoms with Crippen LogP contribution >= 0.6 is 11.3 Å². The quantitative estimate of drug-likeness (QED) is 0.522. The number of para-hydroxylation sites is 1. The van der Waals surface area contributed by atoms with Gasteiger partial charge in [0.1, 0.15) is 11.1 Å². The predicted octanol–water partition coefficient (Wildman–Crippen LogP) is 4.79. The second-order valence-electron chi connectivity index (χ2n) is 6.30. The normalized spacial score (nSPS) is 10.9. The Morgan fingerprint density at radius 3 is 2.78 bits per heavy atom. The highest BCUT2D eigenvalue weighted by atomic mass is 32.1. The standard InChI is InChI=1S/C21H16N2O3S/c1-12-7-8-13(2)15(9-12)17-11-27-21(22-17)23-19(24)16-10-14-5-3-4-6-18(14)26-20(16)25/h3-11H,1-2H3,(H,22,23,24). The van der Waals surface area contributed by atoms with Gasteiger partial charge in [-0.3, -0.25) is 10.1 Å². The third-order valence-electron chi connectivity index (χ3n) is 4.28. The van der Waals surface area contributed by atoms with Crippen molar-refractivity contribution in [1.82, 2.24) is 4.98 Å². The van der Waals surface area contributed by atoms with E-state index in [-0.39, 0.29) is 5.56 Å². The van der Waals surface area contributed by atoms with Crippen molar-refractivity contribution < 1.29 is 9.21 Å². The highest BCUT2D eigenvalue weighted by Gasteiger charge is 2.16. The van der Waals surface area contributed by atoms with E-state index in [9.17, 15) is 9.59 Å². The van der Waals surface area contributed by atoms with Gasteiger partial charge in [-0.1, -0.05) is 35.9 Å². The minimum atomic E-state index is -0.669. The van der Waals surface area contributed by atoms with Crippen molar-refractivity contribution in [2.24, 2.45) is 0 Å². The highest BCUT2D eigenvalue weighted by Crippen LogP contribution is 2.28. The molecule has 0 atom stereocenters. The van der Waals surface area contributed by atoms with Crippen LogP contribution in [0.5, 0.6) is 0 Å². The van der Waals surface area contributed by atoms with E-state index in [2.05, 4.69) is 16.4 Å². The van der Waals surface area contributed by atoms with E-state index in [1.54, 1.807) is 18.2 Å². The van der Waals surface area contributed by atoms with Crippen molar-refractivity contribution in [3.63, 3.8) is 0 Å². The number of thiazole rings is 1. The van der Waals surface area contributed by atoms with E-state index >= 15 is 0 Å². The molecule has 0 aliphatic carbocycles. The molecule has 0 saturated heterocycles. The SMILES string of the molecule is Cc1ccc(C)c(-c2csc(NC(=O)c3cc4ccccc4oc3=O)n2)c1. The molecule has 6 heteroatoms. The lowest BCUT2D eigenvalue weighted by Crippen LogP contribution is -2.20. The predicted molar refractivity (Wildman–Crippen MR) is 107 cm³/mol. The first-order valence-electron chi connectivity index (χ1n) is 8.38. The third kappa shape index (κ3) is 3.39. The van der Waals surface area contributed by atoms with Crippen molar-refractivity contribution in [2.45, 2.75) is 13.8 Å². The summed E-state index contributed by atoms with van der Waals surface area (Å²) in [4.78, 5) is 29.2. The fourth-order valence-electron chi connectivity index (χ4n) is 2.85. The molecular weight excluding hydrogens is 360 g/mol. The van der Waals surface area contributed by atoms with E-state index in [0.717, 1.165) is 22.4 Å². The van der Waals surface area contributed by atoms with Crippen LogP contribution in [-0.4, -0.2) is 10.9 Å². The number of hydrogen-bond donors (Lipinski definition) is 1. The molecule has 0 aliphatic rings. The Morgan fingerprint density at radius 2 is 1.93 bits per heavy atom. The van der Waals surface area contributed by atoms with Crippen molar-refractivity contribution >= 4 is 33.3 Å². The third-order valence-corrected chi connectivity index (χ3v) is 5.04. The Labute approximate surface area is 159 Å². The van der Waals surface area contributed by atoms with Gasteiger partial charge in [0.15, 0.2) is 5.13 Å². The minimum absolute atomic E-state index is 0.0443. The number of fused-ring (bicyclic) bond motifs is 1. The molecule has 4 aromatic rings. The lowest BCUT2D eigenvalue weighted by molar-refractivity contribution is 0.102. The molecule has 2 aromatic heterocycles. The first kappa shape index (κ1) is 17.2. The number of hydrogen-bond acceptors (Lipinski definition) is 5. The number of nitrogens with zero attached hydrogens (tertiary/aromatic N) is 1. The molecule has 1 amide bonds. The first-order chi connectivity index (χ1) is 13.0. The maximum absolute atomic E-state index is 12.5. The smallest absolute Gasteiger partial charge is 0.349 e.